The number of benzene rings is 2. The Labute approximate surface area is 201 Å². The first kappa shape index (κ1) is 23.0. The highest BCUT2D eigenvalue weighted by Gasteiger charge is 2.38. The fraction of sp³-hybridized carbons (Fsp3) is 0.435. The molecule has 31 heavy (non-hydrogen) atoms. The van der Waals surface area contributed by atoms with Gasteiger partial charge in [-0.25, -0.2) is 8.42 Å². The van der Waals surface area contributed by atoms with Gasteiger partial charge in [0, 0.05) is 26.7 Å². The van der Waals surface area contributed by atoms with Crippen LogP contribution in [0.4, 0.5) is 5.69 Å². The zero-order chi connectivity index (χ0) is 22.2. The van der Waals surface area contributed by atoms with Crippen LogP contribution >= 0.6 is 31.9 Å². The number of nitrogens with zero attached hydrogens (tertiary/aromatic N) is 2. The summed E-state index contributed by atoms with van der Waals surface area (Å²) in [5.74, 6) is -0.167. The minimum Gasteiger partial charge on any atom is -0.308 e. The smallest absolute Gasteiger partial charge is 0.243 e. The molecule has 0 bridgehead atoms. The summed E-state index contributed by atoms with van der Waals surface area (Å²) in [6.07, 6.45) is 5.44. The van der Waals surface area contributed by atoms with Gasteiger partial charge in [-0.3, -0.25) is 4.79 Å². The lowest BCUT2D eigenvalue weighted by atomic mass is 9.95. The van der Waals surface area contributed by atoms with Gasteiger partial charge in [0.1, 0.15) is 0 Å². The van der Waals surface area contributed by atoms with Gasteiger partial charge in [-0.2, -0.15) is 4.31 Å². The Balaban J connectivity index is 1.65. The molecule has 1 heterocycles. The number of hydrogen-bond donors (Lipinski definition) is 0. The maximum atomic E-state index is 13.6. The van der Waals surface area contributed by atoms with E-state index in [1.54, 1.807) is 29.2 Å². The summed E-state index contributed by atoms with van der Waals surface area (Å²) >= 11 is 6.86. The highest BCUT2D eigenvalue weighted by atomic mass is 79.9. The van der Waals surface area contributed by atoms with Crippen LogP contribution in [0, 0.1) is 0 Å². The van der Waals surface area contributed by atoms with Crippen molar-refractivity contribution in [3.05, 3.63) is 57.0 Å². The van der Waals surface area contributed by atoms with Gasteiger partial charge < -0.3 is 4.90 Å². The number of carbonyl (C=O) groups excluding carboxylic acids is 1. The maximum Gasteiger partial charge on any atom is 0.243 e. The van der Waals surface area contributed by atoms with Gasteiger partial charge in [0.15, 0.2) is 0 Å². The number of rotatable bonds is 5. The maximum absolute atomic E-state index is 13.6. The van der Waals surface area contributed by atoms with E-state index in [0.29, 0.717) is 0 Å². The van der Waals surface area contributed by atoms with Crippen molar-refractivity contribution in [2.24, 2.45) is 0 Å². The van der Waals surface area contributed by atoms with Crippen molar-refractivity contribution in [3.63, 3.8) is 0 Å². The van der Waals surface area contributed by atoms with Gasteiger partial charge in [-0.1, -0.05) is 51.1 Å². The molecule has 0 saturated heterocycles. The van der Waals surface area contributed by atoms with E-state index in [4.69, 9.17) is 0 Å². The van der Waals surface area contributed by atoms with Gasteiger partial charge >= 0.3 is 0 Å². The molecule has 0 aromatic heterocycles. The summed E-state index contributed by atoms with van der Waals surface area (Å²) in [4.78, 5) is 15.5. The molecule has 166 valence electrons. The third kappa shape index (κ3) is 4.77. The van der Waals surface area contributed by atoms with E-state index in [-0.39, 0.29) is 29.4 Å². The lowest BCUT2D eigenvalue weighted by molar-refractivity contribution is -0.119. The Morgan fingerprint density at radius 1 is 1.03 bits per heavy atom. The van der Waals surface area contributed by atoms with Gasteiger partial charge in [0.05, 0.1) is 11.4 Å². The number of amides is 1. The third-order valence-corrected chi connectivity index (χ3v) is 9.15. The molecule has 1 amide bonds. The minimum absolute atomic E-state index is 0.000362. The second-order valence-electron chi connectivity index (χ2n) is 8.39. The Bertz CT molecular complexity index is 1070. The molecule has 1 atom stereocenters. The van der Waals surface area contributed by atoms with E-state index in [2.05, 4.69) is 31.9 Å². The van der Waals surface area contributed by atoms with E-state index < -0.39 is 10.0 Å². The van der Waals surface area contributed by atoms with Crippen molar-refractivity contribution in [1.82, 2.24) is 4.31 Å². The molecule has 0 spiro atoms. The van der Waals surface area contributed by atoms with Crippen LogP contribution in [-0.2, 0) is 21.2 Å². The first-order chi connectivity index (χ1) is 14.8. The summed E-state index contributed by atoms with van der Waals surface area (Å²) < 4.78 is 30.5. The zero-order valence-corrected chi connectivity index (χ0v) is 21.4. The first-order valence-corrected chi connectivity index (χ1v) is 13.7. The Morgan fingerprint density at radius 2 is 1.68 bits per heavy atom. The lowest BCUT2D eigenvalue weighted by Crippen LogP contribution is -2.49. The molecule has 1 aliphatic heterocycles. The molecule has 2 aromatic rings. The van der Waals surface area contributed by atoms with Crippen LogP contribution in [0.2, 0.25) is 0 Å². The summed E-state index contributed by atoms with van der Waals surface area (Å²) in [6.45, 7) is 1.88. The summed E-state index contributed by atoms with van der Waals surface area (Å²) in [5, 5.41) is 0. The average Bonchev–Trinajstić information content (AvgIpc) is 3.07. The van der Waals surface area contributed by atoms with Crippen molar-refractivity contribution in [1.29, 1.82) is 0 Å². The summed E-state index contributed by atoms with van der Waals surface area (Å²) in [5.41, 5.74) is 1.99. The third-order valence-electron chi connectivity index (χ3n) is 6.22. The predicted octanol–water partition coefficient (Wildman–Crippen LogP) is 5.51. The first-order valence-electron chi connectivity index (χ1n) is 10.7. The Kier molecular flexibility index (Phi) is 6.91. The van der Waals surface area contributed by atoms with E-state index in [9.17, 15) is 13.2 Å². The molecule has 4 rings (SSSR count). The van der Waals surface area contributed by atoms with Crippen molar-refractivity contribution in [2.75, 3.05) is 11.4 Å². The fourth-order valence-corrected chi connectivity index (χ4v) is 7.02. The molecule has 5 nitrogen and oxygen atoms in total. The number of fused-ring (bicyclic) bond motifs is 1. The predicted molar refractivity (Wildman–Crippen MR) is 130 cm³/mol. The van der Waals surface area contributed by atoms with Crippen molar-refractivity contribution in [2.45, 2.75) is 62.4 Å². The SMILES string of the molecule is CC1Cc2cc(Br)ccc2N1C(=O)CN(C1CCCCC1)S(=O)(=O)c1ccc(Br)cc1. The highest BCUT2D eigenvalue weighted by molar-refractivity contribution is 9.10. The number of anilines is 1. The molecule has 1 aliphatic carbocycles. The Hall–Kier alpha value is -1.22. The molecule has 1 unspecified atom stereocenters. The van der Waals surface area contributed by atoms with Gasteiger partial charge in [0.25, 0.3) is 0 Å². The van der Waals surface area contributed by atoms with Gasteiger partial charge in [0.2, 0.25) is 15.9 Å². The van der Waals surface area contributed by atoms with Crippen LogP contribution < -0.4 is 4.90 Å². The number of carbonyl (C=O) groups is 1. The quantitative estimate of drug-likeness (QED) is 0.477. The Morgan fingerprint density at radius 3 is 2.35 bits per heavy atom. The van der Waals surface area contributed by atoms with Crippen molar-refractivity contribution in [3.8, 4) is 0 Å². The second-order valence-corrected chi connectivity index (χ2v) is 12.1. The molecule has 8 heteroatoms. The summed E-state index contributed by atoms with van der Waals surface area (Å²) in [6, 6.07) is 12.4. The molecule has 2 aliphatic rings. The molecule has 1 fully saturated rings. The van der Waals surface area contributed by atoms with Crippen LogP contribution in [0.15, 0.2) is 56.3 Å². The second kappa shape index (κ2) is 9.33. The van der Waals surface area contributed by atoms with Gasteiger partial charge in [-0.05, 0) is 74.2 Å². The summed E-state index contributed by atoms with van der Waals surface area (Å²) in [7, 11) is -3.79. The van der Waals surface area contributed by atoms with Crippen LogP contribution in [0.3, 0.4) is 0 Å². The molecule has 0 N–H and O–H groups in total. The number of hydrogen-bond acceptors (Lipinski definition) is 3. The molecule has 2 aromatic carbocycles. The highest BCUT2D eigenvalue weighted by Crippen LogP contribution is 2.35. The van der Waals surface area contributed by atoms with E-state index in [1.165, 1.54) is 4.31 Å². The molecule has 0 radical (unpaired) electrons. The van der Waals surface area contributed by atoms with Gasteiger partial charge in [-0.15, -0.1) is 0 Å². The van der Waals surface area contributed by atoms with Crippen molar-refractivity contribution < 1.29 is 13.2 Å². The monoisotopic (exact) mass is 568 g/mol. The van der Waals surface area contributed by atoms with Crippen LogP contribution in [-0.4, -0.2) is 37.3 Å². The minimum atomic E-state index is -3.79. The number of sulfonamides is 1. The lowest BCUT2D eigenvalue weighted by Gasteiger charge is -2.34. The zero-order valence-electron chi connectivity index (χ0n) is 17.4. The van der Waals surface area contributed by atoms with E-state index in [1.807, 2.05) is 25.1 Å². The van der Waals surface area contributed by atoms with Crippen LogP contribution in [0.25, 0.3) is 0 Å². The van der Waals surface area contributed by atoms with E-state index >= 15 is 0 Å². The van der Waals surface area contributed by atoms with Crippen LogP contribution in [0.1, 0.15) is 44.6 Å². The normalized spacial score (nSPS) is 19.6. The number of halogens is 2. The van der Waals surface area contributed by atoms with Crippen molar-refractivity contribution >= 4 is 53.5 Å². The molecule has 1 saturated carbocycles. The largest absolute Gasteiger partial charge is 0.308 e. The van der Waals surface area contributed by atoms with Crippen LogP contribution in [0.5, 0.6) is 0 Å². The average molecular weight is 570 g/mol. The molecular formula is C23H26Br2N2O3S. The van der Waals surface area contributed by atoms with E-state index in [0.717, 1.165) is 58.7 Å². The standard InChI is InChI=1S/C23H26Br2N2O3S/c1-16-13-17-14-19(25)9-12-22(17)27(16)23(28)15-26(20-5-3-2-4-6-20)31(29,30)21-10-7-18(24)8-11-21/h7-12,14,16,20H,2-6,13,15H2,1H3. The fourth-order valence-electron chi connectivity index (χ4n) is 4.71. The topological polar surface area (TPSA) is 57.7 Å². The molecular weight excluding hydrogens is 544 g/mol.